The Hall–Kier alpha value is -1.31. The predicted octanol–water partition coefficient (Wildman–Crippen LogP) is 3.30. The van der Waals surface area contributed by atoms with Crippen LogP contribution in [0.2, 0.25) is 0 Å². The number of methoxy groups -OCH3 is 1. The third-order valence-corrected chi connectivity index (χ3v) is 4.01. The molecule has 0 aromatic heterocycles. The maximum Gasteiger partial charge on any atom is 0.254 e. The maximum absolute atomic E-state index is 12.4. The topological polar surface area (TPSA) is 38.3 Å². The Morgan fingerprint density at radius 1 is 1.40 bits per heavy atom. The lowest BCUT2D eigenvalue weighted by Gasteiger charge is -2.31. The van der Waals surface area contributed by atoms with Gasteiger partial charge in [-0.2, -0.15) is 0 Å². The van der Waals surface area contributed by atoms with Crippen molar-refractivity contribution < 1.29 is 9.53 Å². The van der Waals surface area contributed by atoms with E-state index in [-0.39, 0.29) is 11.8 Å². The molecule has 4 heteroatoms. The van der Waals surface area contributed by atoms with Gasteiger partial charge in [0, 0.05) is 11.6 Å². The molecule has 0 aliphatic rings. The van der Waals surface area contributed by atoms with Gasteiger partial charge in [0.2, 0.25) is 0 Å². The van der Waals surface area contributed by atoms with Crippen LogP contribution in [0.1, 0.15) is 32.4 Å². The lowest BCUT2D eigenvalue weighted by molar-refractivity contribution is -0.133. The van der Waals surface area contributed by atoms with Crippen molar-refractivity contribution in [3.8, 4) is 12.3 Å². The molecule has 1 aromatic rings. The Morgan fingerprint density at radius 2 is 1.95 bits per heavy atom. The van der Waals surface area contributed by atoms with Crippen molar-refractivity contribution in [2.75, 3.05) is 7.11 Å². The SMILES string of the molecule is C#CC(C)(NC(=O)C(OC)c1ccc(Br)cc1)C(C)C. The molecule has 1 aromatic carbocycles. The highest BCUT2D eigenvalue weighted by molar-refractivity contribution is 9.10. The number of rotatable bonds is 5. The summed E-state index contributed by atoms with van der Waals surface area (Å²) in [5.41, 5.74) is 0.0970. The number of terminal acetylenes is 1. The number of carbonyl (C=O) groups is 1. The normalized spacial score (nSPS) is 15.2. The van der Waals surface area contributed by atoms with Crippen molar-refractivity contribution in [1.82, 2.24) is 5.32 Å². The number of ether oxygens (including phenoxy) is 1. The van der Waals surface area contributed by atoms with E-state index in [1.54, 1.807) is 0 Å². The van der Waals surface area contributed by atoms with Gasteiger partial charge in [-0.25, -0.2) is 0 Å². The van der Waals surface area contributed by atoms with Crippen LogP contribution in [0.4, 0.5) is 0 Å². The second-order valence-corrected chi connectivity index (χ2v) is 6.07. The zero-order valence-electron chi connectivity index (χ0n) is 12.2. The maximum atomic E-state index is 12.4. The Balaban J connectivity index is 2.94. The zero-order valence-corrected chi connectivity index (χ0v) is 13.8. The van der Waals surface area contributed by atoms with E-state index in [0.29, 0.717) is 0 Å². The van der Waals surface area contributed by atoms with Crippen LogP contribution >= 0.6 is 15.9 Å². The number of hydrogen-bond acceptors (Lipinski definition) is 2. The molecule has 1 N–H and O–H groups in total. The molecule has 3 nitrogen and oxygen atoms in total. The summed E-state index contributed by atoms with van der Waals surface area (Å²) in [5, 5.41) is 2.89. The third kappa shape index (κ3) is 3.84. The summed E-state index contributed by atoms with van der Waals surface area (Å²) in [5.74, 6) is 2.54. The Morgan fingerprint density at radius 3 is 2.35 bits per heavy atom. The molecule has 0 aliphatic heterocycles. The molecule has 1 rings (SSSR count). The minimum atomic E-state index is -0.691. The van der Waals surface area contributed by atoms with Crippen molar-refractivity contribution in [2.24, 2.45) is 5.92 Å². The number of nitrogens with one attached hydrogen (secondary N) is 1. The Bertz CT molecular complexity index is 504. The van der Waals surface area contributed by atoms with Gasteiger partial charge in [0.1, 0.15) is 5.54 Å². The lowest BCUT2D eigenvalue weighted by atomic mass is 9.89. The minimum absolute atomic E-state index is 0.124. The number of carbonyl (C=O) groups excluding carboxylic acids is 1. The van der Waals surface area contributed by atoms with E-state index in [9.17, 15) is 4.79 Å². The molecule has 2 atom stereocenters. The van der Waals surface area contributed by atoms with Gasteiger partial charge >= 0.3 is 0 Å². The number of hydrogen-bond donors (Lipinski definition) is 1. The smallest absolute Gasteiger partial charge is 0.254 e. The van der Waals surface area contributed by atoms with E-state index in [1.165, 1.54) is 7.11 Å². The first kappa shape index (κ1) is 16.7. The molecule has 0 spiro atoms. The molecule has 0 aliphatic carbocycles. The molecular formula is C16H20BrNO2. The summed E-state index contributed by atoms with van der Waals surface area (Å²) in [4.78, 5) is 12.4. The summed E-state index contributed by atoms with van der Waals surface area (Å²) < 4.78 is 6.26. The summed E-state index contributed by atoms with van der Waals surface area (Å²) in [6.07, 6.45) is 4.87. The van der Waals surface area contributed by atoms with Gasteiger partial charge in [-0.1, -0.05) is 47.8 Å². The Labute approximate surface area is 129 Å². The second-order valence-electron chi connectivity index (χ2n) is 5.16. The molecule has 1 amide bonds. The monoisotopic (exact) mass is 337 g/mol. The molecule has 0 heterocycles. The van der Waals surface area contributed by atoms with Crippen LogP contribution < -0.4 is 5.32 Å². The van der Waals surface area contributed by atoms with Crippen LogP contribution in [-0.4, -0.2) is 18.6 Å². The van der Waals surface area contributed by atoms with Crippen LogP contribution in [0.25, 0.3) is 0 Å². The highest BCUT2D eigenvalue weighted by Gasteiger charge is 2.31. The average molecular weight is 338 g/mol. The highest BCUT2D eigenvalue weighted by Crippen LogP contribution is 2.22. The summed E-state index contributed by atoms with van der Waals surface area (Å²) in [7, 11) is 1.51. The molecule has 20 heavy (non-hydrogen) atoms. The fraction of sp³-hybridized carbons (Fsp3) is 0.438. The van der Waals surface area contributed by atoms with Crippen molar-refractivity contribution in [2.45, 2.75) is 32.4 Å². The molecule has 0 radical (unpaired) electrons. The van der Waals surface area contributed by atoms with E-state index in [1.807, 2.05) is 45.0 Å². The molecule has 0 saturated carbocycles. The summed E-state index contributed by atoms with van der Waals surface area (Å²) in [6, 6.07) is 7.44. The first-order valence-electron chi connectivity index (χ1n) is 6.42. The van der Waals surface area contributed by atoms with Crippen molar-refractivity contribution >= 4 is 21.8 Å². The fourth-order valence-corrected chi connectivity index (χ4v) is 1.96. The molecule has 0 bridgehead atoms. The van der Waals surface area contributed by atoms with Crippen molar-refractivity contribution in [1.29, 1.82) is 0 Å². The quantitative estimate of drug-likeness (QED) is 0.837. The third-order valence-electron chi connectivity index (χ3n) is 3.48. The molecule has 0 saturated heterocycles. The van der Waals surface area contributed by atoms with Gasteiger partial charge in [-0.3, -0.25) is 4.79 Å². The molecule has 0 fully saturated rings. The number of amides is 1. The van der Waals surface area contributed by atoms with Crippen molar-refractivity contribution in [3.63, 3.8) is 0 Å². The Kier molecular flexibility index (Phi) is 5.79. The lowest BCUT2D eigenvalue weighted by Crippen LogP contribution is -2.50. The van der Waals surface area contributed by atoms with Gasteiger partial charge < -0.3 is 10.1 Å². The number of halogens is 1. The molecule has 2 unspecified atom stereocenters. The first-order valence-corrected chi connectivity index (χ1v) is 7.21. The van der Waals surface area contributed by atoms with E-state index in [0.717, 1.165) is 10.0 Å². The molecule has 108 valence electrons. The fourth-order valence-electron chi connectivity index (χ4n) is 1.70. The van der Waals surface area contributed by atoms with E-state index in [2.05, 4.69) is 27.2 Å². The van der Waals surface area contributed by atoms with Gasteiger partial charge in [-0.15, -0.1) is 6.42 Å². The average Bonchev–Trinajstić information content (AvgIpc) is 2.41. The van der Waals surface area contributed by atoms with Crippen LogP contribution in [0, 0.1) is 18.3 Å². The van der Waals surface area contributed by atoms with E-state index < -0.39 is 11.6 Å². The predicted molar refractivity (Wildman–Crippen MR) is 84.1 cm³/mol. The summed E-state index contributed by atoms with van der Waals surface area (Å²) in [6.45, 7) is 5.78. The zero-order chi connectivity index (χ0) is 15.3. The van der Waals surface area contributed by atoms with Crippen LogP contribution in [0.15, 0.2) is 28.7 Å². The van der Waals surface area contributed by atoms with Crippen LogP contribution in [0.3, 0.4) is 0 Å². The first-order chi connectivity index (χ1) is 9.34. The standard InChI is InChI=1S/C16H20BrNO2/c1-6-16(4,11(2)3)18-15(19)14(20-5)12-7-9-13(17)10-8-12/h1,7-11,14H,2-5H3,(H,18,19). The molecular weight excluding hydrogens is 318 g/mol. The summed E-state index contributed by atoms with van der Waals surface area (Å²) >= 11 is 3.36. The second kappa shape index (κ2) is 6.92. The highest BCUT2D eigenvalue weighted by atomic mass is 79.9. The van der Waals surface area contributed by atoms with Gasteiger partial charge in [0.15, 0.2) is 6.10 Å². The van der Waals surface area contributed by atoms with Crippen LogP contribution in [0.5, 0.6) is 0 Å². The van der Waals surface area contributed by atoms with Gasteiger partial charge in [0.25, 0.3) is 5.91 Å². The van der Waals surface area contributed by atoms with E-state index in [4.69, 9.17) is 11.2 Å². The largest absolute Gasteiger partial charge is 0.367 e. The van der Waals surface area contributed by atoms with E-state index >= 15 is 0 Å². The van der Waals surface area contributed by atoms with Crippen molar-refractivity contribution in [3.05, 3.63) is 34.3 Å². The van der Waals surface area contributed by atoms with Gasteiger partial charge in [-0.05, 0) is 30.5 Å². The minimum Gasteiger partial charge on any atom is -0.367 e. The van der Waals surface area contributed by atoms with Gasteiger partial charge in [0.05, 0.1) is 0 Å². The van der Waals surface area contributed by atoms with Crippen LogP contribution in [-0.2, 0) is 9.53 Å². The number of benzene rings is 1.